The maximum atomic E-state index is 14.0. The smallest absolute Gasteiger partial charge is 0.213 e. The zero-order chi connectivity index (χ0) is 15.5. The second-order valence-electron chi connectivity index (χ2n) is 4.47. The Morgan fingerprint density at radius 3 is 2.90 bits per heavy atom. The van der Waals surface area contributed by atoms with E-state index >= 15 is 0 Å². The molecule has 0 bridgehead atoms. The Morgan fingerprint density at radius 2 is 2.19 bits per heavy atom. The number of hydrogen-bond acceptors (Lipinski definition) is 5. The number of fused-ring (bicyclic) bond motifs is 1. The molecule has 4 N–H and O–H groups in total. The van der Waals surface area contributed by atoms with E-state index < -0.39 is 15.8 Å². The molecular weight excluding hydrogens is 295 g/mol. The Hall–Kier alpha value is -1.93. The quantitative estimate of drug-likeness (QED) is 0.699. The highest BCUT2D eigenvalue weighted by atomic mass is 32.2. The van der Waals surface area contributed by atoms with Crippen LogP contribution in [0, 0.1) is 5.82 Å². The number of halogens is 1. The minimum Gasteiger partial charge on any atom is -0.398 e. The van der Waals surface area contributed by atoms with Gasteiger partial charge in [-0.1, -0.05) is 6.92 Å². The van der Waals surface area contributed by atoms with E-state index in [0.29, 0.717) is 23.1 Å². The summed E-state index contributed by atoms with van der Waals surface area (Å²) < 4.78 is 39.5. The topological polar surface area (TPSA) is 97.1 Å². The summed E-state index contributed by atoms with van der Waals surface area (Å²) in [5.41, 5.74) is 6.59. The molecule has 0 aliphatic carbocycles. The summed E-state index contributed by atoms with van der Waals surface area (Å²) in [6.07, 6.45) is 1.53. The molecule has 114 valence electrons. The van der Waals surface area contributed by atoms with Gasteiger partial charge in [0.05, 0.1) is 17.0 Å². The van der Waals surface area contributed by atoms with E-state index in [2.05, 4.69) is 15.0 Å². The lowest BCUT2D eigenvalue weighted by atomic mass is 10.1. The lowest BCUT2D eigenvalue weighted by Crippen LogP contribution is -2.29. The number of nitrogens with zero attached hydrogens (tertiary/aromatic N) is 1. The van der Waals surface area contributed by atoms with E-state index in [0.717, 1.165) is 0 Å². The number of nitrogen functional groups attached to an aromatic ring is 1. The number of nitrogens with two attached hydrogens (primary N) is 1. The van der Waals surface area contributed by atoms with Gasteiger partial charge in [0.15, 0.2) is 5.82 Å². The molecule has 0 aliphatic rings. The van der Waals surface area contributed by atoms with E-state index in [-0.39, 0.29) is 18.0 Å². The van der Waals surface area contributed by atoms with Gasteiger partial charge >= 0.3 is 0 Å². The third kappa shape index (κ3) is 3.59. The first kappa shape index (κ1) is 15.5. The Balaban J connectivity index is 2.23. The van der Waals surface area contributed by atoms with Gasteiger partial charge in [-0.3, -0.25) is 4.98 Å². The van der Waals surface area contributed by atoms with Crippen molar-refractivity contribution >= 4 is 32.3 Å². The van der Waals surface area contributed by atoms with Gasteiger partial charge in [0, 0.05) is 30.4 Å². The fraction of sp³-hybridized carbons (Fsp3) is 0.308. The van der Waals surface area contributed by atoms with E-state index in [1.807, 2.05) is 0 Å². The van der Waals surface area contributed by atoms with Crippen LogP contribution < -0.4 is 15.8 Å². The second-order valence-corrected chi connectivity index (χ2v) is 6.39. The molecule has 0 saturated carbocycles. The zero-order valence-corrected chi connectivity index (χ0v) is 12.4. The van der Waals surface area contributed by atoms with E-state index in [1.54, 1.807) is 19.1 Å². The minimum atomic E-state index is -3.36. The van der Waals surface area contributed by atoms with Gasteiger partial charge in [0.25, 0.3) is 0 Å². The average molecular weight is 312 g/mol. The van der Waals surface area contributed by atoms with Gasteiger partial charge in [-0.15, -0.1) is 0 Å². The molecule has 2 rings (SSSR count). The SMILES string of the molecule is CCNS(=O)(=O)CCNc1c(F)cc(N)c2cccnc12. The molecule has 1 aromatic heterocycles. The summed E-state index contributed by atoms with van der Waals surface area (Å²) in [7, 11) is -3.36. The number of sulfonamides is 1. The van der Waals surface area contributed by atoms with Gasteiger partial charge < -0.3 is 11.1 Å². The number of pyridine rings is 1. The summed E-state index contributed by atoms with van der Waals surface area (Å²) in [5, 5.41) is 3.41. The van der Waals surface area contributed by atoms with Crippen molar-refractivity contribution in [1.29, 1.82) is 0 Å². The minimum absolute atomic E-state index is 0.0713. The van der Waals surface area contributed by atoms with E-state index in [4.69, 9.17) is 5.73 Å². The van der Waals surface area contributed by atoms with Crippen LogP contribution in [0.4, 0.5) is 15.8 Å². The number of hydrogen-bond donors (Lipinski definition) is 3. The number of benzene rings is 1. The normalized spacial score (nSPS) is 11.7. The van der Waals surface area contributed by atoms with Crippen LogP contribution in [0.1, 0.15) is 6.92 Å². The highest BCUT2D eigenvalue weighted by Crippen LogP contribution is 2.29. The molecule has 0 unspecified atom stereocenters. The molecule has 21 heavy (non-hydrogen) atoms. The molecule has 6 nitrogen and oxygen atoms in total. The van der Waals surface area contributed by atoms with Crippen LogP contribution >= 0.6 is 0 Å². The van der Waals surface area contributed by atoms with Crippen molar-refractivity contribution in [3.05, 3.63) is 30.2 Å². The molecule has 2 aromatic rings. The summed E-state index contributed by atoms with van der Waals surface area (Å²) in [6, 6.07) is 4.64. The maximum absolute atomic E-state index is 14.0. The molecule has 0 saturated heterocycles. The first-order valence-electron chi connectivity index (χ1n) is 6.48. The zero-order valence-electron chi connectivity index (χ0n) is 11.6. The standard InChI is InChI=1S/C13H17FN4O2S/c1-2-18-21(19,20)7-6-17-13-10(14)8-11(15)9-4-3-5-16-12(9)13/h3-5,8,17-18H,2,6-7,15H2,1H3. The number of rotatable bonds is 6. The predicted octanol–water partition coefficient (Wildman–Crippen LogP) is 1.31. The summed E-state index contributed by atoms with van der Waals surface area (Å²) in [5.74, 6) is -0.710. The molecule has 0 radical (unpaired) electrons. The molecule has 0 aliphatic heterocycles. The highest BCUT2D eigenvalue weighted by molar-refractivity contribution is 7.89. The molecule has 8 heteroatoms. The van der Waals surface area contributed by atoms with Crippen molar-refractivity contribution in [2.75, 3.05) is 29.9 Å². The van der Waals surface area contributed by atoms with Crippen LogP contribution in [-0.2, 0) is 10.0 Å². The Kier molecular flexibility index (Phi) is 4.59. The van der Waals surface area contributed by atoms with E-state index in [9.17, 15) is 12.8 Å². The van der Waals surface area contributed by atoms with Crippen LogP contribution in [0.3, 0.4) is 0 Å². The predicted molar refractivity (Wildman–Crippen MR) is 82.1 cm³/mol. The molecule has 0 spiro atoms. The molecule has 1 aromatic carbocycles. The van der Waals surface area contributed by atoms with Gasteiger partial charge in [0.1, 0.15) is 0 Å². The van der Waals surface area contributed by atoms with Crippen LogP contribution in [0.2, 0.25) is 0 Å². The molecule has 0 fully saturated rings. The van der Waals surface area contributed by atoms with Gasteiger partial charge in [-0.2, -0.15) is 0 Å². The Morgan fingerprint density at radius 1 is 1.43 bits per heavy atom. The Bertz CT molecular complexity index is 749. The molecule has 0 amide bonds. The van der Waals surface area contributed by atoms with Gasteiger partial charge in [-0.25, -0.2) is 17.5 Å². The van der Waals surface area contributed by atoms with Crippen LogP contribution in [0.25, 0.3) is 10.9 Å². The number of aromatic nitrogens is 1. The lowest BCUT2D eigenvalue weighted by molar-refractivity contribution is 0.584. The van der Waals surface area contributed by atoms with Crippen molar-refractivity contribution in [2.45, 2.75) is 6.92 Å². The third-order valence-corrected chi connectivity index (χ3v) is 4.38. The van der Waals surface area contributed by atoms with Crippen molar-refractivity contribution in [1.82, 2.24) is 9.71 Å². The monoisotopic (exact) mass is 312 g/mol. The van der Waals surface area contributed by atoms with Gasteiger partial charge in [0.2, 0.25) is 10.0 Å². The van der Waals surface area contributed by atoms with Crippen molar-refractivity contribution in [3.63, 3.8) is 0 Å². The molecular formula is C13H17FN4O2S. The summed E-state index contributed by atoms with van der Waals surface area (Å²) in [6.45, 7) is 2.09. The first-order valence-corrected chi connectivity index (χ1v) is 8.13. The molecule has 1 heterocycles. The first-order chi connectivity index (χ1) is 9.94. The average Bonchev–Trinajstić information content (AvgIpc) is 2.42. The highest BCUT2D eigenvalue weighted by Gasteiger charge is 2.13. The van der Waals surface area contributed by atoms with Crippen molar-refractivity contribution in [2.24, 2.45) is 0 Å². The maximum Gasteiger partial charge on any atom is 0.213 e. The van der Waals surface area contributed by atoms with Crippen LogP contribution in [-0.4, -0.2) is 32.2 Å². The molecule has 0 atom stereocenters. The fourth-order valence-corrected chi connectivity index (χ4v) is 2.96. The van der Waals surface area contributed by atoms with E-state index in [1.165, 1.54) is 12.3 Å². The summed E-state index contributed by atoms with van der Waals surface area (Å²) in [4.78, 5) is 4.11. The lowest BCUT2D eigenvalue weighted by Gasteiger charge is -2.12. The Labute approximate surface area is 122 Å². The number of anilines is 2. The van der Waals surface area contributed by atoms with Crippen molar-refractivity contribution < 1.29 is 12.8 Å². The van der Waals surface area contributed by atoms with Crippen molar-refractivity contribution in [3.8, 4) is 0 Å². The van der Waals surface area contributed by atoms with Crippen LogP contribution in [0.5, 0.6) is 0 Å². The third-order valence-electron chi connectivity index (χ3n) is 2.91. The van der Waals surface area contributed by atoms with Gasteiger partial charge in [-0.05, 0) is 18.2 Å². The fourth-order valence-electron chi connectivity index (χ4n) is 2.01. The second kappa shape index (κ2) is 6.23. The van der Waals surface area contributed by atoms with Crippen LogP contribution in [0.15, 0.2) is 24.4 Å². The largest absolute Gasteiger partial charge is 0.398 e. The summed E-state index contributed by atoms with van der Waals surface area (Å²) >= 11 is 0. The number of nitrogens with one attached hydrogen (secondary N) is 2.